The molecule has 0 atom stereocenters. The fourth-order valence-electron chi connectivity index (χ4n) is 3.28. The maximum atomic E-state index is 12.5. The quantitative estimate of drug-likeness (QED) is 0.773. The lowest BCUT2D eigenvalue weighted by Crippen LogP contribution is -2.43. The van der Waals surface area contributed by atoms with Crippen molar-refractivity contribution < 1.29 is 14.4 Å². The molecule has 0 aromatic carbocycles. The molecular weight excluding hydrogens is 244 g/mol. The maximum Gasteiger partial charge on any atom is 0.240 e. The van der Waals surface area contributed by atoms with Gasteiger partial charge in [0.2, 0.25) is 17.7 Å². The first kappa shape index (κ1) is 12.6. The van der Waals surface area contributed by atoms with E-state index in [1.807, 2.05) is 0 Å². The number of likely N-dealkylation sites (tertiary alicyclic amines) is 1. The van der Waals surface area contributed by atoms with Crippen LogP contribution in [-0.2, 0) is 14.4 Å². The van der Waals surface area contributed by atoms with Crippen LogP contribution in [-0.4, -0.2) is 35.2 Å². The summed E-state index contributed by atoms with van der Waals surface area (Å²) in [5.74, 6) is -0.474. The highest BCUT2D eigenvalue weighted by Gasteiger charge is 2.51. The van der Waals surface area contributed by atoms with E-state index in [2.05, 4.69) is 5.32 Å². The Balaban J connectivity index is 1.66. The molecule has 0 aromatic heterocycles. The number of nitrogens with one attached hydrogen (secondary N) is 1. The average Bonchev–Trinajstić information content (AvgIpc) is 3.16. The molecule has 3 rings (SSSR count). The van der Waals surface area contributed by atoms with Crippen LogP contribution in [0, 0.1) is 5.41 Å². The Hall–Kier alpha value is -1.39. The molecule has 3 aliphatic rings. The van der Waals surface area contributed by atoms with E-state index < -0.39 is 5.41 Å². The van der Waals surface area contributed by atoms with Crippen LogP contribution < -0.4 is 5.32 Å². The minimum Gasteiger partial charge on any atom is -0.352 e. The summed E-state index contributed by atoms with van der Waals surface area (Å²) in [6.45, 7) is -0.0874. The van der Waals surface area contributed by atoms with Gasteiger partial charge in [0.1, 0.15) is 6.54 Å². The Morgan fingerprint density at radius 3 is 2.53 bits per heavy atom. The number of hydrogen-bond acceptors (Lipinski definition) is 3. The van der Waals surface area contributed by atoms with Gasteiger partial charge in [0.15, 0.2) is 0 Å². The third-order valence-electron chi connectivity index (χ3n) is 4.54. The van der Waals surface area contributed by atoms with E-state index in [9.17, 15) is 14.4 Å². The van der Waals surface area contributed by atoms with Gasteiger partial charge in [-0.05, 0) is 25.7 Å². The molecule has 3 amide bonds. The number of hydrogen-bond donors (Lipinski definition) is 1. The summed E-state index contributed by atoms with van der Waals surface area (Å²) in [6, 6.07) is 0.268. The molecule has 1 aliphatic heterocycles. The van der Waals surface area contributed by atoms with Gasteiger partial charge >= 0.3 is 0 Å². The lowest BCUT2D eigenvalue weighted by Gasteiger charge is -2.30. The third kappa shape index (κ3) is 2.38. The molecule has 5 nitrogen and oxygen atoms in total. The van der Waals surface area contributed by atoms with Crippen molar-refractivity contribution in [3.63, 3.8) is 0 Å². The Labute approximate surface area is 112 Å². The molecule has 0 unspecified atom stereocenters. The summed E-state index contributed by atoms with van der Waals surface area (Å²) in [4.78, 5) is 37.4. The zero-order valence-electron chi connectivity index (χ0n) is 11.1. The lowest BCUT2D eigenvalue weighted by atomic mass is 9.73. The van der Waals surface area contributed by atoms with E-state index in [0.29, 0.717) is 6.42 Å². The SMILES string of the molecule is O=C(CN1C(=O)CC2(CCCCC2)C1=O)NC1CC1. The number of nitrogens with zero attached hydrogens (tertiary/aromatic N) is 1. The van der Waals surface area contributed by atoms with Crippen molar-refractivity contribution in [2.75, 3.05) is 6.54 Å². The van der Waals surface area contributed by atoms with E-state index >= 15 is 0 Å². The summed E-state index contributed by atoms with van der Waals surface area (Å²) in [5.41, 5.74) is -0.477. The van der Waals surface area contributed by atoms with Crippen LogP contribution in [0.3, 0.4) is 0 Å². The topological polar surface area (TPSA) is 66.5 Å². The molecule has 0 radical (unpaired) electrons. The van der Waals surface area contributed by atoms with Gasteiger partial charge in [-0.3, -0.25) is 19.3 Å². The number of carbonyl (C=O) groups excluding carboxylic acids is 3. The van der Waals surface area contributed by atoms with Gasteiger partial charge in [0.25, 0.3) is 0 Å². The average molecular weight is 264 g/mol. The van der Waals surface area contributed by atoms with Crippen LogP contribution in [0.25, 0.3) is 0 Å². The molecule has 1 saturated heterocycles. The number of amides is 3. The van der Waals surface area contributed by atoms with Crippen LogP contribution >= 0.6 is 0 Å². The molecular formula is C14H20N2O3. The highest BCUT2D eigenvalue weighted by molar-refractivity contribution is 6.08. The first-order chi connectivity index (χ1) is 9.11. The first-order valence-electron chi connectivity index (χ1n) is 7.25. The highest BCUT2D eigenvalue weighted by atomic mass is 16.2. The molecule has 2 saturated carbocycles. The fourth-order valence-corrected chi connectivity index (χ4v) is 3.28. The van der Waals surface area contributed by atoms with Crippen LogP contribution in [0.2, 0.25) is 0 Å². The van der Waals surface area contributed by atoms with E-state index in [0.717, 1.165) is 44.9 Å². The Morgan fingerprint density at radius 2 is 1.89 bits per heavy atom. The van der Waals surface area contributed by atoms with Gasteiger partial charge < -0.3 is 5.32 Å². The van der Waals surface area contributed by atoms with Crippen molar-refractivity contribution in [3.05, 3.63) is 0 Å². The van der Waals surface area contributed by atoms with E-state index in [1.54, 1.807) is 0 Å². The summed E-state index contributed by atoms with van der Waals surface area (Å²) < 4.78 is 0. The first-order valence-corrected chi connectivity index (χ1v) is 7.25. The Morgan fingerprint density at radius 1 is 1.21 bits per heavy atom. The lowest BCUT2D eigenvalue weighted by molar-refractivity contribution is -0.145. The summed E-state index contributed by atoms with van der Waals surface area (Å²) in [7, 11) is 0. The Bertz CT molecular complexity index is 422. The molecule has 5 heteroatoms. The molecule has 1 N–H and O–H groups in total. The highest BCUT2D eigenvalue weighted by Crippen LogP contribution is 2.45. The Kier molecular flexibility index (Phi) is 3.07. The standard InChI is InChI=1S/C14H20N2O3/c17-11(15-10-4-5-10)9-16-12(18)8-14(13(16)19)6-2-1-3-7-14/h10H,1-9H2,(H,15,17). The zero-order valence-corrected chi connectivity index (χ0v) is 11.1. The predicted octanol–water partition coefficient (Wildman–Crippen LogP) is 0.974. The maximum absolute atomic E-state index is 12.5. The fraction of sp³-hybridized carbons (Fsp3) is 0.786. The molecule has 0 bridgehead atoms. The van der Waals surface area contributed by atoms with Gasteiger partial charge in [-0.15, -0.1) is 0 Å². The molecule has 1 spiro atoms. The number of imide groups is 1. The third-order valence-corrected chi connectivity index (χ3v) is 4.54. The van der Waals surface area contributed by atoms with Gasteiger partial charge in [0.05, 0.1) is 5.41 Å². The van der Waals surface area contributed by atoms with Gasteiger partial charge in [-0.25, -0.2) is 0 Å². The second-order valence-corrected chi connectivity index (χ2v) is 6.14. The normalized spacial score (nSPS) is 26.0. The van der Waals surface area contributed by atoms with Crippen LogP contribution in [0.4, 0.5) is 0 Å². The van der Waals surface area contributed by atoms with Gasteiger partial charge in [-0.1, -0.05) is 19.3 Å². The molecule has 0 aromatic rings. The van der Waals surface area contributed by atoms with Crippen LogP contribution in [0.1, 0.15) is 51.4 Å². The van der Waals surface area contributed by atoms with E-state index in [-0.39, 0.29) is 30.3 Å². The van der Waals surface area contributed by atoms with E-state index in [4.69, 9.17) is 0 Å². The second-order valence-electron chi connectivity index (χ2n) is 6.14. The number of carbonyl (C=O) groups is 3. The minimum absolute atomic E-state index is 0.0874. The smallest absolute Gasteiger partial charge is 0.240 e. The summed E-state index contributed by atoms with van der Waals surface area (Å²) >= 11 is 0. The van der Waals surface area contributed by atoms with Crippen molar-refractivity contribution in [1.82, 2.24) is 10.2 Å². The molecule has 104 valence electrons. The van der Waals surface area contributed by atoms with Gasteiger partial charge in [-0.2, -0.15) is 0 Å². The monoisotopic (exact) mass is 264 g/mol. The van der Waals surface area contributed by atoms with Gasteiger partial charge in [0, 0.05) is 12.5 Å². The largest absolute Gasteiger partial charge is 0.352 e. The molecule has 19 heavy (non-hydrogen) atoms. The van der Waals surface area contributed by atoms with Crippen molar-refractivity contribution in [1.29, 1.82) is 0 Å². The zero-order chi connectivity index (χ0) is 13.5. The van der Waals surface area contributed by atoms with Crippen LogP contribution in [0.5, 0.6) is 0 Å². The molecule has 3 fully saturated rings. The second kappa shape index (κ2) is 4.62. The van der Waals surface area contributed by atoms with Crippen molar-refractivity contribution in [2.24, 2.45) is 5.41 Å². The molecule has 1 heterocycles. The van der Waals surface area contributed by atoms with Crippen molar-refractivity contribution in [3.8, 4) is 0 Å². The number of rotatable bonds is 3. The van der Waals surface area contributed by atoms with Crippen LogP contribution in [0.15, 0.2) is 0 Å². The summed E-state index contributed by atoms with van der Waals surface area (Å²) in [5, 5.41) is 2.83. The molecule has 2 aliphatic carbocycles. The van der Waals surface area contributed by atoms with Crippen molar-refractivity contribution >= 4 is 17.7 Å². The van der Waals surface area contributed by atoms with E-state index in [1.165, 1.54) is 4.90 Å². The van der Waals surface area contributed by atoms with Crippen molar-refractivity contribution in [2.45, 2.75) is 57.4 Å². The summed E-state index contributed by atoms with van der Waals surface area (Å²) in [6.07, 6.45) is 7.11. The predicted molar refractivity (Wildman–Crippen MR) is 68.0 cm³/mol. The minimum atomic E-state index is -0.477.